The summed E-state index contributed by atoms with van der Waals surface area (Å²) in [5, 5.41) is 11.6. The van der Waals surface area contributed by atoms with Crippen LogP contribution in [0.5, 0.6) is 11.5 Å². The summed E-state index contributed by atoms with van der Waals surface area (Å²) in [6, 6.07) is 13.4. The van der Waals surface area contributed by atoms with Crippen LogP contribution >= 0.6 is 28.4 Å². The van der Waals surface area contributed by atoms with Crippen molar-refractivity contribution >= 4 is 56.7 Å². The van der Waals surface area contributed by atoms with Crippen LogP contribution in [0.2, 0.25) is 0 Å². The van der Waals surface area contributed by atoms with Crippen LogP contribution in [0.25, 0.3) is 22.3 Å². The second kappa shape index (κ2) is 11.4. The lowest BCUT2D eigenvalue weighted by Gasteiger charge is -2.26. The van der Waals surface area contributed by atoms with Gasteiger partial charge in [0.25, 0.3) is 5.91 Å². The first-order valence-corrected chi connectivity index (χ1v) is 16.5. The Hall–Kier alpha value is -2.98. The van der Waals surface area contributed by atoms with Gasteiger partial charge >= 0.3 is 0 Å². The van der Waals surface area contributed by atoms with Crippen molar-refractivity contribution in [1.29, 1.82) is 0 Å². The summed E-state index contributed by atoms with van der Waals surface area (Å²) in [7, 11) is 0. The second-order valence-corrected chi connectivity index (χ2v) is 12.3. The summed E-state index contributed by atoms with van der Waals surface area (Å²) < 4.78 is 13.8. The van der Waals surface area contributed by atoms with E-state index in [0.29, 0.717) is 23.8 Å². The summed E-state index contributed by atoms with van der Waals surface area (Å²) in [5.41, 5.74) is 2.09. The molecular weight excluding hydrogens is 614 g/mol. The maximum Gasteiger partial charge on any atom is 0.258 e. The Kier molecular flexibility index (Phi) is 7.99. The molecule has 1 fully saturated rings. The molecule has 1 aliphatic carbocycles. The van der Waals surface area contributed by atoms with E-state index in [1.54, 1.807) is 6.20 Å². The average molecular weight is 644 g/mol. The van der Waals surface area contributed by atoms with Gasteiger partial charge in [0.2, 0.25) is 0 Å². The van der Waals surface area contributed by atoms with Crippen LogP contribution in [-0.4, -0.2) is 43.7 Å². The van der Waals surface area contributed by atoms with Crippen molar-refractivity contribution in [2.75, 3.05) is 11.9 Å². The molecule has 2 aromatic carbocycles. The number of nitrogens with zero attached hydrogens (tertiary/aromatic N) is 4. The molecule has 0 radical (unpaired) electrons. The Morgan fingerprint density at radius 3 is 2.71 bits per heavy atom. The van der Waals surface area contributed by atoms with E-state index in [2.05, 4.69) is 37.8 Å². The third-order valence-corrected chi connectivity index (χ3v) is 7.83. The second-order valence-electron chi connectivity index (χ2n) is 10.2. The fourth-order valence-electron chi connectivity index (χ4n) is 3.98. The van der Waals surface area contributed by atoms with Gasteiger partial charge in [-0.25, -0.2) is 14.4 Å². The molecule has 2 heterocycles. The summed E-state index contributed by atoms with van der Waals surface area (Å²) >= 11 is 2.29. The number of aromatic nitrogens is 4. The molecule has 0 aliphatic heterocycles. The van der Waals surface area contributed by atoms with Crippen molar-refractivity contribution in [1.82, 2.24) is 24.8 Å². The Balaban J connectivity index is 1.45. The standard InChI is InChI=1S/C27H30IN6O3P/c1-27(2,3)33-24(35)16-36-20-9-4-6-17(12-20)25-31-23-11-10-21(37-19-7-5-8-19)13-22(23)26(32-25)30-18-14-29-34(15-18)38-28/h4,6,9-15,19,38H,5,7-8,16H2,1-3H3,(H,33,35)(H,30,31,32). The van der Waals surface area contributed by atoms with E-state index in [4.69, 9.17) is 19.4 Å². The van der Waals surface area contributed by atoms with Crippen LogP contribution in [0.15, 0.2) is 54.9 Å². The largest absolute Gasteiger partial charge is 0.490 e. The third-order valence-electron chi connectivity index (χ3n) is 5.93. The van der Waals surface area contributed by atoms with Gasteiger partial charge < -0.3 is 20.1 Å². The van der Waals surface area contributed by atoms with Crippen molar-refractivity contribution in [2.45, 2.75) is 51.7 Å². The van der Waals surface area contributed by atoms with Gasteiger partial charge in [0, 0.05) is 16.5 Å². The molecule has 1 amide bonds. The fourth-order valence-corrected chi connectivity index (χ4v) is 5.07. The molecule has 1 atom stereocenters. The molecule has 1 saturated carbocycles. The first kappa shape index (κ1) is 26.6. The number of carbonyl (C=O) groups excluding carboxylic acids is 1. The number of hydrogen-bond acceptors (Lipinski definition) is 7. The van der Waals surface area contributed by atoms with Gasteiger partial charge in [-0.2, -0.15) is 5.10 Å². The van der Waals surface area contributed by atoms with Crippen molar-refractivity contribution in [2.24, 2.45) is 0 Å². The molecule has 5 rings (SSSR count). The highest BCUT2D eigenvalue weighted by atomic mass is 127. The minimum Gasteiger partial charge on any atom is -0.490 e. The number of ether oxygens (including phenoxy) is 2. The van der Waals surface area contributed by atoms with E-state index in [-0.39, 0.29) is 24.2 Å². The summed E-state index contributed by atoms with van der Waals surface area (Å²) in [4.78, 5) is 21.9. The van der Waals surface area contributed by atoms with Crippen molar-refractivity contribution in [3.63, 3.8) is 0 Å². The number of rotatable bonds is 9. The summed E-state index contributed by atoms with van der Waals surface area (Å²) in [5.74, 6) is 2.41. The van der Waals surface area contributed by atoms with E-state index >= 15 is 0 Å². The Bertz CT molecular complexity index is 1450. The smallest absolute Gasteiger partial charge is 0.258 e. The van der Waals surface area contributed by atoms with Gasteiger partial charge in [-0.15, -0.1) is 0 Å². The molecule has 38 heavy (non-hydrogen) atoms. The predicted octanol–water partition coefficient (Wildman–Crippen LogP) is 6.25. The maximum absolute atomic E-state index is 12.2. The normalized spacial score (nSPS) is 14.0. The zero-order valence-corrected chi connectivity index (χ0v) is 24.7. The minimum atomic E-state index is -0.318. The molecule has 0 spiro atoms. The SMILES string of the molecule is CC(C)(C)NC(=O)COc1cccc(-c2nc(Nc3cnn(PI)c3)c3cc(OC4CCC4)ccc3n2)c1. The number of hydrogen-bond donors (Lipinski definition) is 2. The molecule has 1 aliphatic rings. The van der Waals surface area contributed by atoms with Gasteiger partial charge in [0.1, 0.15) is 17.3 Å². The Morgan fingerprint density at radius 2 is 2.00 bits per heavy atom. The van der Waals surface area contributed by atoms with Crippen LogP contribution < -0.4 is 20.1 Å². The number of halogens is 1. The molecule has 2 aromatic heterocycles. The molecule has 1 unspecified atom stereocenters. The van der Waals surface area contributed by atoms with Crippen LogP contribution in [-0.2, 0) is 4.79 Å². The zero-order valence-electron chi connectivity index (χ0n) is 21.5. The fraction of sp³-hybridized carbons (Fsp3) is 0.333. The first-order chi connectivity index (χ1) is 18.3. The van der Waals surface area contributed by atoms with E-state index in [0.717, 1.165) is 40.7 Å². The van der Waals surface area contributed by atoms with Crippen molar-refractivity contribution in [3.8, 4) is 22.9 Å². The molecule has 11 heteroatoms. The van der Waals surface area contributed by atoms with Gasteiger partial charge in [-0.3, -0.25) is 4.79 Å². The van der Waals surface area contributed by atoms with Gasteiger partial charge in [-0.1, -0.05) is 12.1 Å². The number of nitrogens with one attached hydrogen (secondary N) is 2. The van der Waals surface area contributed by atoms with E-state index in [1.165, 1.54) is 6.42 Å². The lowest BCUT2D eigenvalue weighted by molar-refractivity contribution is -0.124. The monoisotopic (exact) mass is 644 g/mol. The molecule has 2 N–H and O–H groups in total. The van der Waals surface area contributed by atoms with Gasteiger partial charge in [0.05, 0.1) is 36.1 Å². The number of benzene rings is 2. The molecular formula is C27H30IN6O3P. The lowest BCUT2D eigenvalue weighted by atomic mass is 9.96. The summed E-state index contributed by atoms with van der Waals surface area (Å²) in [6.45, 7) is 5.73. The maximum atomic E-state index is 12.2. The van der Waals surface area contributed by atoms with E-state index in [9.17, 15) is 4.79 Å². The molecule has 9 nitrogen and oxygen atoms in total. The number of anilines is 2. The zero-order chi connectivity index (χ0) is 26.7. The van der Waals surface area contributed by atoms with Gasteiger partial charge in [-0.05, 0) is 92.4 Å². The quantitative estimate of drug-likeness (QED) is 0.164. The van der Waals surface area contributed by atoms with E-state index in [1.807, 2.05) is 73.9 Å². The highest BCUT2D eigenvalue weighted by molar-refractivity contribution is 14.2. The van der Waals surface area contributed by atoms with Crippen LogP contribution in [0, 0.1) is 0 Å². The Labute approximate surface area is 236 Å². The molecule has 0 bridgehead atoms. The van der Waals surface area contributed by atoms with Gasteiger partial charge in [0.15, 0.2) is 12.4 Å². The number of carbonyl (C=O) groups is 1. The van der Waals surface area contributed by atoms with Crippen LogP contribution in [0.3, 0.4) is 0 Å². The first-order valence-electron chi connectivity index (χ1n) is 12.5. The van der Waals surface area contributed by atoms with Crippen molar-refractivity contribution < 1.29 is 14.3 Å². The molecule has 0 saturated heterocycles. The predicted molar refractivity (Wildman–Crippen MR) is 160 cm³/mol. The minimum absolute atomic E-state index is 0.0721. The number of fused-ring (bicyclic) bond motifs is 1. The third kappa shape index (κ3) is 6.71. The topological polar surface area (TPSA) is 103 Å². The molecule has 4 aromatic rings. The Morgan fingerprint density at radius 1 is 1.16 bits per heavy atom. The van der Waals surface area contributed by atoms with E-state index < -0.39 is 0 Å². The van der Waals surface area contributed by atoms with Crippen LogP contribution in [0.4, 0.5) is 11.5 Å². The lowest BCUT2D eigenvalue weighted by Crippen LogP contribution is -2.43. The van der Waals surface area contributed by atoms with Crippen LogP contribution in [0.1, 0.15) is 40.0 Å². The van der Waals surface area contributed by atoms with Crippen molar-refractivity contribution in [3.05, 3.63) is 54.9 Å². The highest BCUT2D eigenvalue weighted by Crippen LogP contribution is 2.33. The number of amides is 1. The molecule has 198 valence electrons. The highest BCUT2D eigenvalue weighted by Gasteiger charge is 2.20. The summed E-state index contributed by atoms with van der Waals surface area (Å²) in [6.07, 6.45) is 7.90. The average Bonchev–Trinajstić information content (AvgIpc) is 3.32.